The van der Waals surface area contributed by atoms with Crippen LogP contribution in [0.2, 0.25) is 0 Å². The van der Waals surface area contributed by atoms with Crippen LogP contribution in [-0.4, -0.2) is 9.13 Å². The van der Waals surface area contributed by atoms with E-state index in [1.54, 1.807) is 24.3 Å². The van der Waals surface area contributed by atoms with E-state index in [0.717, 1.165) is 72.8 Å². The highest BCUT2D eigenvalue weighted by Gasteiger charge is 2.20. The SMILES string of the molecule is N#Cc1ccc(N(c2ccc3c(c2)c2ccccc2n3Cc2ccc(F)c(F)c2)c2ccc3c(c2)c2ccccc2n3Cc2ccc(F)c(F)c2)cc1. The summed E-state index contributed by atoms with van der Waals surface area (Å²) < 4.78 is 60.2. The predicted molar refractivity (Wildman–Crippen MR) is 203 cm³/mol. The molecule has 0 fully saturated rings. The minimum Gasteiger partial charge on any atom is -0.336 e. The molecule has 0 aliphatic carbocycles. The van der Waals surface area contributed by atoms with Gasteiger partial charge in [-0.05, 0) is 108 Å². The van der Waals surface area contributed by atoms with Crippen LogP contribution in [0.4, 0.5) is 34.6 Å². The van der Waals surface area contributed by atoms with Gasteiger partial charge in [0.25, 0.3) is 0 Å². The fourth-order valence-electron chi connectivity index (χ4n) is 7.48. The molecule has 9 aromatic rings. The third-order valence-electron chi connectivity index (χ3n) is 9.93. The normalized spacial score (nSPS) is 11.5. The van der Waals surface area contributed by atoms with Crippen LogP contribution in [0.5, 0.6) is 0 Å². The molecule has 0 saturated heterocycles. The lowest BCUT2D eigenvalue weighted by Gasteiger charge is -2.26. The van der Waals surface area contributed by atoms with Gasteiger partial charge in [0.1, 0.15) is 0 Å². The third kappa shape index (κ3) is 5.54. The maximum atomic E-state index is 14.2. The maximum absolute atomic E-state index is 14.2. The van der Waals surface area contributed by atoms with Crippen LogP contribution in [0.15, 0.2) is 146 Å². The standard InChI is InChI=1S/C45H28F4N4/c46-38-17-11-29(21-40(38)48)26-51-42-7-3-1-5-34(42)36-23-32(15-19-44(36)51)53(31-13-9-28(25-50)10-14-31)33-16-20-45-37(24-33)35-6-2-4-8-43(35)52(45)27-30-12-18-39(47)41(49)22-30/h1-24H,26-27H2. The number of halogens is 4. The first-order valence-electron chi connectivity index (χ1n) is 17.1. The van der Waals surface area contributed by atoms with Gasteiger partial charge in [-0.25, -0.2) is 17.6 Å². The van der Waals surface area contributed by atoms with E-state index in [2.05, 4.69) is 44.4 Å². The van der Waals surface area contributed by atoms with E-state index in [-0.39, 0.29) is 0 Å². The van der Waals surface area contributed by atoms with Crippen LogP contribution in [0, 0.1) is 34.6 Å². The number of rotatable bonds is 7. The van der Waals surface area contributed by atoms with E-state index < -0.39 is 23.3 Å². The van der Waals surface area contributed by atoms with Gasteiger partial charge in [0.2, 0.25) is 0 Å². The summed E-state index contributed by atoms with van der Waals surface area (Å²) in [6.07, 6.45) is 0. The van der Waals surface area contributed by atoms with Crippen molar-refractivity contribution >= 4 is 60.7 Å². The van der Waals surface area contributed by atoms with Crippen LogP contribution >= 0.6 is 0 Å². The highest BCUT2D eigenvalue weighted by atomic mass is 19.2. The molecule has 0 unspecified atom stereocenters. The van der Waals surface area contributed by atoms with Crippen molar-refractivity contribution in [2.75, 3.05) is 4.90 Å². The molecule has 9 rings (SSSR count). The molecule has 0 atom stereocenters. The Kier molecular flexibility index (Phi) is 7.71. The van der Waals surface area contributed by atoms with E-state index in [1.807, 2.05) is 72.8 Å². The number of aromatic nitrogens is 2. The number of hydrogen-bond acceptors (Lipinski definition) is 2. The molecular formula is C45H28F4N4. The minimum absolute atomic E-state index is 0.352. The molecule has 0 N–H and O–H groups in total. The Hall–Kier alpha value is -6.85. The molecule has 4 nitrogen and oxygen atoms in total. The van der Waals surface area contributed by atoms with Gasteiger partial charge >= 0.3 is 0 Å². The lowest BCUT2D eigenvalue weighted by atomic mass is 10.1. The van der Waals surface area contributed by atoms with Crippen molar-refractivity contribution in [3.05, 3.63) is 186 Å². The van der Waals surface area contributed by atoms with Crippen LogP contribution in [0.3, 0.4) is 0 Å². The highest BCUT2D eigenvalue weighted by molar-refractivity contribution is 6.11. The summed E-state index contributed by atoms with van der Waals surface area (Å²) in [5, 5.41) is 13.6. The molecule has 7 aromatic carbocycles. The Balaban J connectivity index is 1.21. The first-order valence-corrected chi connectivity index (χ1v) is 17.1. The lowest BCUT2D eigenvalue weighted by molar-refractivity contribution is 0.506. The summed E-state index contributed by atoms with van der Waals surface area (Å²) in [4.78, 5) is 2.14. The Morgan fingerprint density at radius 3 is 1.32 bits per heavy atom. The van der Waals surface area contributed by atoms with Crippen LogP contribution < -0.4 is 4.90 Å². The molecule has 2 aromatic heterocycles. The number of nitrogens with zero attached hydrogens (tertiary/aromatic N) is 4. The predicted octanol–water partition coefficient (Wildman–Crippen LogP) is 11.9. The van der Waals surface area contributed by atoms with Gasteiger partial charge in [0, 0.05) is 73.8 Å². The van der Waals surface area contributed by atoms with Crippen molar-refractivity contribution in [1.82, 2.24) is 9.13 Å². The van der Waals surface area contributed by atoms with Crippen LogP contribution in [0.25, 0.3) is 43.6 Å². The van der Waals surface area contributed by atoms with Gasteiger partial charge in [0.15, 0.2) is 23.3 Å². The van der Waals surface area contributed by atoms with E-state index in [9.17, 15) is 22.8 Å². The number of benzene rings is 7. The van der Waals surface area contributed by atoms with Crippen molar-refractivity contribution in [3.63, 3.8) is 0 Å². The Morgan fingerprint density at radius 2 is 0.868 bits per heavy atom. The second kappa shape index (κ2) is 12.7. The van der Waals surface area contributed by atoms with E-state index >= 15 is 0 Å². The lowest BCUT2D eigenvalue weighted by Crippen LogP contribution is -2.10. The van der Waals surface area contributed by atoms with Crippen molar-refractivity contribution in [2.24, 2.45) is 0 Å². The molecule has 0 saturated carbocycles. The van der Waals surface area contributed by atoms with Crippen molar-refractivity contribution in [2.45, 2.75) is 13.1 Å². The zero-order chi connectivity index (χ0) is 36.2. The summed E-state index contributed by atoms with van der Waals surface area (Å²) in [5.74, 6) is -3.52. The monoisotopic (exact) mass is 700 g/mol. The number of fused-ring (bicyclic) bond motifs is 6. The molecule has 2 heterocycles. The van der Waals surface area contributed by atoms with Gasteiger partial charge in [0.05, 0.1) is 11.6 Å². The Bertz CT molecular complexity index is 2750. The number of para-hydroxylation sites is 2. The molecule has 256 valence electrons. The second-order valence-corrected chi connectivity index (χ2v) is 13.1. The minimum atomic E-state index is -0.881. The first kappa shape index (κ1) is 32.1. The van der Waals surface area contributed by atoms with Gasteiger partial charge in [-0.15, -0.1) is 0 Å². The molecule has 8 heteroatoms. The van der Waals surface area contributed by atoms with Crippen molar-refractivity contribution in [3.8, 4) is 6.07 Å². The van der Waals surface area contributed by atoms with Gasteiger partial charge in [-0.2, -0.15) is 5.26 Å². The molecule has 0 bridgehead atoms. The largest absolute Gasteiger partial charge is 0.336 e. The van der Waals surface area contributed by atoms with Crippen LogP contribution in [0.1, 0.15) is 16.7 Å². The van der Waals surface area contributed by atoms with Crippen LogP contribution in [-0.2, 0) is 13.1 Å². The summed E-state index contributed by atoms with van der Waals surface area (Å²) in [6, 6.07) is 46.1. The summed E-state index contributed by atoms with van der Waals surface area (Å²) in [6.45, 7) is 0.705. The van der Waals surface area contributed by atoms with E-state index in [0.29, 0.717) is 29.8 Å². The number of anilines is 3. The Morgan fingerprint density at radius 1 is 0.434 bits per heavy atom. The topological polar surface area (TPSA) is 36.9 Å². The van der Waals surface area contributed by atoms with Gasteiger partial charge in [-0.1, -0.05) is 48.5 Å². The maximum Gasteiger partial charge on any atom is 0.159 e. The summed E-state index contributed by atoms with van der Waals surface area (Å²) >= 11 is 0. The highest BCUT2D eigenvalue weighted by Crippen LogP contribution is 2.41. The average molecular weight is 701 g/mol. The fourth-order valence-corrected chi connectivity index (χ4v) is 7.48. The van der Waals surface area contributed by atoms with Crippen molar-refractivity contribution < 1.29 is 17.6 Å². The smallest absolute Gasteiger partial charge is 0.159 e. The molecular weight excluding hydrogens is 673 g/mol. The number of hydrogen-bond donors (Lipinski definition) is 0. The molecule has 0 radical (unpaired) electrons. The van der Waals surface area contributed by atoms with E-state index in [1.165, 1.54) is 12.1 Å². The van der Waals surface area contributed by atoms with E-state index in [4.69, 9.17) is 0 Å². The zero-order valence-corrected chi connectivity index (χ0v) is 28.1. The third-order valence-corrected chi connectivity index (χ3v) is 9.93. The molecule has 0 amide bonds. The fraction of sp³-hybridized carbons (Fsp3) is 0.0444. The molecule has 0 aliphatic heterocycles. The Labute approximate surface area is 301 Å². The zero-order valence-electron chi connectivity index (χ0n) is 28.1. The first-order chi connectivity index (χ1) is 25.9. The van der Waals surface area contributed by atoms with Gasteiger partial charge < -0.3 is 14.0 Å². The van der Waals surface area contributed by atoms with Crippen molar-refractivity contribution in [1.29, 1.82) is 5.26 Å². The van der Waals surface area contributed by atoms with Gasteiger partial charge in [-0.3, -0.25) is 0 Å². The second-order valence-electron chi connectivity index (χ2n) is 13.1. The number of nitriles is 1. The molecule has 53 heavy (non-hydrogen) atoms. The summed E-state index contributed by atoms with van der Waals surface area (Å²) in [5.41, 5.74) is 8.24. The summed E-state index contributed by atoms with van der Waals surface area (Å²) in [7, 11) is 0. The molecule has 0 aliphatic rings. The quantitative estimate of drug-likeness (QED) is 0.155. The molecule has 0 spiro atoms. The average Bonchev–Trinajstić information content (AvgIpc) is 3.66.